The lowest BCUT2D eigenvalue weighted by Crippen LogP contribution is -2.50. The Bertz CT molecular complexity index is 247. The topological polar surface area (TPSA) is 23.5 Å². The second kappa shape index (κ2) is 5.27. The van der Waals surface area contributed by atoms with Gasteiger partial charge in [-0.05, 0) is 50.1 Å². The van der Waals surface area contributed by atoms with Gasteiger partial charge in [0.15, 0.2) is 0 Å². The predicted octanol–water partition coefficient (Wildman–Crippen LogP) is 3.05. The summed E-state index contributed by atoms with van der Waals surface area (Å²) in [6.07, 6.45) is 7.34. The molecule has 2 saturated carbocycles. The van der Waals surface area contributed by atoms with Crippen LogP contribution in [0.5, 0.6) is 0 Å². The summed E-state index contributed by atoms with van der Waals surface area (Å²) < 4.78 is 0. The molecule has 0 radical (unpaired) electrons. The molecule has 2 rings (SSSR count). The molecule has 0 heterocycles. The van der Waals surface area contributed by atoms with Gasteiger partial charge in [0, 0.05) is 6.04 Å². The summed E-state index contributed by atoms with van der Waals surface area (Å²) >= 11 is 0. The Labute approximate surface area is 106 Å². The third-order valence-electron chi connectivity index (χ3n) is 4.89. The van der Waals surface area contributed by atoms with E-state index in [0.717, 1.165) is 25.3 Å². The molecule has 1 N–H and O–H groups in total. The van der Waals surface area contributed by atoms with E-state index >= 15 is 0 Å². The zero-order valence-electron chi connectivity index (χ0n) is 11.8. The van der Waals surface area contributed by atoms with E-state index < -0.39 is 0 Å². The van der Waals surface area contributed by atoms with Crippen molar-refractivity contribution in [1.29, 1.82) is 0 Å². The molecule has 0 aliphatic heterocycles. The van der Waals surface area contributed by atoms with E-state index in [2.05, 4.69) is 25.7 Å². The van der Waals surface area contributed by atoms with E-state index in [4.69, 9.17) is 0 Å². The lowest BCUT2D eigenvalue weighted by molar-refractivity contribution is -0.0104. The largest absolute Gasteiger partial charge is 0.393 e. The Morgan fingerprint density at radius 3 is 2.53 bits per heavy atom. The molecule has 0 amide bonds. The maximum absolute atomic E-state index is 9.92. The molecule has 0 aromatic heterocycles. The average Bonchev–Trinajstić information content (AvgIpc) is 3.08. The Kier molecular flexibility index (Phi) is 4.14. The first kappa shape index (κ1) is 13.4. The Hall–Kier alpha value is -0.0800. The van der Waals surface area contributed by atoms with Gasteiger partial charge in [0.05, 0.1) is 6.10 Å². The van der Waals surface area contributed by atoms with E-state index in [9.17, 15) is 5.11 Å². The first-order chi connectivity index (χ1) is 8.03. The molecular weight excluding hydrogens is 210 g/mol. The fourth-order valence-corrected chi connectivity index (χ4v) is 3.33. The molecular formula is C15H29NO. The number of hydrogen-bond acceptors (Lipinski definition) is 2. The Balaban J connectivity index is 1.93. The summed E-state index contributed by atoms with van der Waals surface area (Å²) in [6.45, 7) is 9.39. The van der Waals surface area contributed by atoms with Crippen LogP contribution in [0.25, 0.3) is 0 Å². The first-order valence-electron chi connectivity index (χ1n) is 7.45. The normalized spacial score (nSPS) is 33.0. The molecule has 2 aliphatic carbocycles. The van der Waals surface area contributed by atoms with Crippen molar-refractivity contribution in [3.63, 3.8) is 0 Å². The highest BCUT2D eigenvalue weighted by atomic mass is 16.3. The van der Waals surface area contributed by atoms with Crippen LogP contribution >= 0.6 is 0 Å². The van der Waals surface area contributed by atoms with Crippen LogP contribution in [0.1, 0.15) is 59.3 Å². The maximum atomic E-state index is 9.92. The van der Waals surface area contributed by atoms with Gasteiger partial charge in [-0.2, -0.15) is 0 Å². The third-order valence-corrected chi connectivity index (χ3v) is 4.89. The number of nitrogens with zero attached hydrogens (tertiary/aromatic N) is 1. The average molecular weight is 239 g/mol. The lowest BCUT2D eigenvalue weighted by Gasteiger charge is -2.46. The number of hydrogen-bond donors (Lipinski definition) is 1. The standard InChI is InChI=1S/C15H29NO/c1-4-16(10-8-12-5-6-12)14-11-13(17)7-9-15(14,2)3/h12-14,17H,4-11H2,1-3H3. The molecule has 2 fully saturated rings. The summed E-state index contributed by atoms with van der Waals surface area (Å²) in [5.74, 6) is 1.01. The molecule has 0 bridgehead atoms. The van der Waals surface area contributed by atoms with Crippen molar-refractivity contribution in [1.82, 2.24) is 4.90 Å². The van der Waals surface area contributed by atoms with Crippen molar-refractivity contribution in [3.8, 4) is 0 Å². The minimum atomic E-state index is -0.0667. The van der Waals surface area contributed by atoms with Gasteiger partial charge in [0.1, 0.15) is 0 Å². The SMILES string of the molecule is CCN(CCC1CC1)C1CC(O)CCC1(C)C. The van der Waals surface area contributed by atoms with Crippen LogP contribution in [0, 0.1) is 11.3 Å². The summed E-state index contributed by atoms with van der Waals surface area (Å²) in [6, 6.07) is 0.579. The minimum absolute atomic E-state index is 0.0667. The molecule has 2 unspecified atom stereocenters. The summed E-state index contributed by atoms with van der Waals surface area (Å²) in [4.78, 5) is 2.63. The second-order valence-corrected chi connectivity index (χ2v) is 6.79. The van der Waals surface area contributed by atoms with Crippen LogP contribution in [0.2, 0.25) is 0 Å². The maximum Gasteiger partial charge on any atom is 0.0555 e. The van der Waals surface area contributed by atoms with Gasteiger partial charge < -0.3 is 10.0 Å². The molecule has 100 valence electrons. The molecule has 0 saturated heterocycles. The van der Waals surface area contributed by atoms with E-state index in [-0.39, 0.29) is 6.10 Å². The van der Waals surface area contributed by atoms with Gasteiger partial charge >= 0.3 is 0 Å². The second-order valence-electron chi connectivity index (χ2n) is 6.79. The molecule has 2 heteroatoms. The molecule has 2 aliphatic rings. The summed E-state index contributed by atoms with van der Waals surface area (Å²) in [7, 11) is 0. The highest BCUT2D eigenvalue weighted by molar-refractivity contribution is 4.93. The third kappa shape index (κ3) is 3.45. The number of rotatable bonds is 5. The molecule has 17 heavy (non-hydrogen) atoms. The minimum Gasteiger partial charge on any atom is -0.393 e. The number of aliphatic hydroxyl groups is 1. The fourth-order valence-electron chi connectivity index (χ4n) is 3.33. The highest BCUT2D eigenvalue weighted by Gasteiger charge is 2.39. The van der Waals surface area contributed by atoms with Crippen molar-refractivity contribution in [2.24, 2.45) is 11.3 Å². The smallest absolute Gasteiger partial charge is 0.0555 e. The van der Waals surface area contributed by atoms with E-state index in [1.165, 1.54) is 32.2 Å². The van der Waals surface area contributed by atoms with Crippen molar-refractivity contribution in [2.75, 3.05) is 13.1 Å². The zero-order chi connectivity index (χ0) is 12.5. The van der Waals surface area contributed by atoms with Crippen LogP contribution in [0.15, 0.2) is 0 Å². The van der Waals surface area contributed by atoms with Crippen LogP contribution in [-0.2, 0) is 0 Å². The Morgan fingerprint density at radius 1 is 1.24 bits per heavy atom. The van der Waals surface area contributed by atoms with Gasteiger partial charge in [-0.25, -0.2) is 0 Å². The van der Waals surface area contributed by atoms with Gasteiger partial charge in [-0.1, -0.05) is 33.6 Å². The molecule has 0 aromatic carbocycles. The quantitative estimate of drug-likeness (QED) is 0.797. The van der Waals surface area contributed by atoms with Gasteiger partial charge in [0.25, 0.3) is 0 Å². The zero-order valence-corrected chi connectivity index (χ0v) is 11.8. The lowest BCUT2D eigenvalue weighted by atomic mass is 9.71. The monoisotopic (exact) mass is 239 g/mol. The molecule has 2 atom stereocenters. The van der Waals surface area contributed by atoms with Crippen molar-refractivity contribution < 1.29 is 5.11 Å². The first-order valence-corrected chi connectivity index (χ1v) is 7.45. The molecule has 2 nitrogen and oxygen atoms in total. The van der Waals surface area contributed by atoms with Crippen molar-refractivity contribution >= 4 is 0 Å². The fraction of sp³-hybridized carbons (Fsp3) is 1.00. The summed E-state index contributed by atoms with van der Waals surface area (Å²) in [5.41, 5.74) is 0.374. The predicted molar refractivity (Wildman–Crippen MR) is 72.0 cm³/mol. The van der Waals surface area contributed by atoms with E-state index in [1.54, 1.807) is 0 Å². The van der Waals surface area contributed by atoms with Crippen molar-refractivity contribution in [3.05, 3.63) is 0 Å². The van der Waals surface area contributed by atoms with Gasteiger partial charge in [0.2, 0.25) is 0 Å². The van der Waals surface area contributed by atoms with Crippen molar-refractivity contribution in [2.45, 2.75) is 71.4 Å². The van der Waals surface area contributed by atoms with Crippen LogP contribution < -0.4 is 0 Å². The Morgan fingerprint density at radius 2 is 1.94 bits per heavy atom. The molecule has 0 aromatic rings. The summed E-state index contributed by atoms with van der Waals surface area (Å²) in [5, 5.41) is 9.92. The van der Waals surface area contributed by atoms with E-state index in [1.807, 2.05) is 0 Å². The van der Waals surface area contributed by atoms with Crippen LogP contribution in [0.4, 0.5) is 0 Å². The van der Waals surface area contributed by atoms with Crippen LogP contribution in [0.3, 0.4) is 0 Å². The van der Waals surface area contributed by atoms with Gasteiger partial charge in [-0.3, -0.25) is 0 Å². The number of aliphatic hydroxyl groups excluding tert-OH is 1. The molecule has 0 spiro atoms. The highest BCUT2D eigenvalue weighted by Crippen LogP contribution is 2.40. The van der Waals surface area contributed by atoms with E-state index in [0.29, 0.717) is 11.5 Å². The van der Waals surface area contributed by atoms with Crippen LogP contribution in [-0.4, -0.2) is 35.2 Å². The van der Waals surface area contributed by atoms with Gasteiger partial charge in [-0.15, -0.1) is 0 Å².